The predicted octanol–water partition coefficient (Wildman–Crippen LogP) is 3.44. The molecule has 2 fully saturated rings. The minimum absolute atomic E-state index is 0.342. The molecule has 0 aliphatic carbocycles. The van der Waals surface area contributed by atoms with Crippen LogP contribution in [0.2, 0.25) is 0 Å². The number of ether oxygens (including phenoxy) is 1. The molecule has 1 aromatic heterocycles. The first-order valence-corrected chi connectivity index (χ1v) is 9.48. The summed E-state index contributed by atoms with van der Waals surface area (Å²) in [6.45, 7) is 3.44. The lowest BCUT2D eigenvalue weighted by Crippen LogP contribution is -2.31. The van der Waals surface area contributed by atoms with Gasteiger partial charge in [0.1, 0.15) is 0 Å². The molecule has 2 saturated heterocycles. The number of benzene rings is 1. The molecule has 4 rings (SSSR count). The summed E-state index contributed by atoms with van der Waals surface area (Å²) < 4.78 is 5.40. The van der Waals surface area contributed by atoms with Gasteiger partial charge in [0.05, 0.1) is 5.52 Å². The van der Waals surface area contributed by atoms with Crippen LogP contribution in [0.1, 0.15) is 31.2 Å². The number of carbonyl (C=O) groups excluding carboxylic acids is 1. The highest BCUT2D eigenvalue weighted by Crippen LogP contribution is 2.27. The standard InChI is InChI=1S/C21H26N2O2/c24-21(14-16-7-11-25-12-8-16)23-10-6-17(15-23)13-18-5-9-22-20-4-2-1-3-19(18)20/h1-5,9,16-17H,6-8,10-15H2/t17-/m1/s1. The predicted molar refractivity (Wildman–Crippen MR) is 98.3 cm³/mol. The van der Waals surface area contributed by atoms with Gasteiger partial charge in [-0.05, 0) is 55.2 Å². The zero-order valence-electron chi connectivity index (χ0n) is 14.7. The van der Waals surface area contributed by atoms with Crippen LogP contribution < -0.4 is 0 Å². The van der Waals surface area contributed by atoms with Gasteiger partial charge in [-0.1, -0.05) is 18.2 Å². The minimum Gasteiger partial charge on any atom is -0.381 e. The van der Waals surface area contributed by atoms with Crippen molar-refractivity contribution in [3.8, 4) is 0 Å². The summed E-state index contributed by atoms with van der Waals surface area (Å²) in [6.07, 6.45) is 6.81. The van der Waals surface area contributed by atoms with E-state index in [9.17, 15) is 4.79 Å². The van der Waals surface area contributed by atoms with Crippen LogP contribution in [0.4, 0.5) is 0 Å². The first kappa shape index (κ1) is 16.5. The lowest BCUT2D eigenvalue weighted by molar-refractivity contribution is -0.132. The van der Waals surface area contributed by atoms with Crippen molar-refractivity contribution in [1.82, 2.24) is 9.88 Å². The van der Waals surface area contributed by atoms with Crippen molar-refractivity contribution < 1.29 is 9.53 Å². The molecule has 0 bridgehead atoms. The third kappa shape index (κ3) is 3.84. The monoisotopic (exact) mass is 338 g/mol. The van der Waals surface area contributed by atoms with Crippen molar-refractivity contribution in [2.24, 2.45) is 11.8 Å². The molecule has 0 spiro atoms. The first-order chi connectivity index (χ1) is 12.3. The SMILES string of the molecule is O=C(CC1CCOCC1)N1CC[C@H](Cc2ccnc3ccccc23)C1. The Morgan fingerprint density at radius 2 is 1.96 bits per heavy atom. The van der Waals surface area contributed by atoms with Crippen LogP contribution in [0.3, 0.4) is 0 Å². The van der Waals surface area contributed by atoms with E-state index in [-0.39, 0.29) is 0 Å². The van der Waals surface area contributed by atoms with Crippen LogP contribution in [0, 0.1) is 11.8 Å². The maximum Gasteiger partial charge on any atom is 0.222 e. The Labute approximate surface area is 149 Å². The molecule has 2 aliphatic heterocycles. The average Bonchev–Trinajstić information content (AvgIpc) is 3.12. The zero-order valence-corrected chi connectivity index (χ0v) is 14.7. The Morgan fingerprint density at radius 3 is 2.84 bits per heavy atom. The molecular weight excluding hydrogens is 312 g/mol. The summed E-state index contributed by atoms with van der Waals surface area (Å²) in [6, 6.07) is 10.5. The fourth-order valence-electron chi connectivity index (χ4n) is 4.20. The summed E-state index contributed by atoms with van der Waals surface area (Å²) in [4.78, 5) is 19.1. The highest BCUT2D eigenvalue weighted by atomic mass is 16.5. The van der Waals surface area contributed by atoms with E-state index in [1.54, 1.807) is 0 Å². The highest BCUT2D eigenvalue weighted by molar-refractivity contribution is 5.82. The number of nitrogens with zero attached hydrogens (tertiary/aromatic N) is 2. The number of amides is 1. The van der Waals surface area contributed by atoms with Crippen LogP contribution in [0.25, 0.3) is 10.9 Å². The molecule has 0 radical (unpaired) electrons. The Bertz CT molecular complexity index is 734. The number of likely N-dealkylation sites (tertiary alicyclic amines) is 1. The molecule has 0 N–H and O–H groups in total. The van der Waals surface area contributed by atoms with Crippen LogP contribution >= 0.6 is 0 Å². The van der Waals surface area contributed by atoms with E-state index >= 15 is 0 Å². The van der Waals surface area contributed by atoms with E-state index < -0.39 is 0 Å². The summed E-state index contributed by atoms with van der Waals surface area (Å²) in [7, 11) is 0. The second kappa shape index (κ2) is 7.52. The van der Waals surface area contributed by atoms with Crippen LogP contribution in [-0.4, -0.2) is 42.1 Å². The molecular formula is C21H26N2O2. The molecule has 2 aliphatic rings. The summed E-state index contributed by atoms with van der Waals surface area (Å²) in [5.74, 6) is 1.42. The van der Waals surface area contributed by atoms with E-state index in [4.69, 9.17) is 4.74 Å². The van der Waals surface area contributed by atoms with Gasteiger partial charge in [-0.3, -0.25) is 9.78 Å². The number of hydrogen-bond donors (Lipinski definition) is 0. The molecule has 4 nitrogen and oxygen atoms in total. The van der Waals surface area contributed by atoms with Crippen LogP contribution in [0.5, 0.6) is 0 Å². The molecule has 0 saturated carbocycles. The Hall–Kier alpha value is -1.94. The number of carbonyl (C=O) groups is 1. The smallest absolute Gasteiger partial charge is 0.222 e. The third-order valence-electron chi connectivity index (χ3n) is 5.69. The fourth-order valence-corrected chi connectivity index (χ4v) is 4.20. The lowest BCUT2D eigenvalue weighted by Gasteiger charge is -2.24. The van der Waals surface area contributed by atoms with Gasteiger partial charge in [0, 0.05) is 44.3 Å². The normalized spacial score (nSPS) is 21.8. The van der Waals surface area contributed by atoms with Gasteiger partial charge in [0.25, 0.3) is 0 Å². The molecule has 1 aromatic carbocycles. The first-order valence-electron chi connectivity index (χ1n) is 9.48. The van der Waals surface area contributed by atoms with E-state index in [0.717, 1.165) is 57.5 Å². The summed E-state index contributed by atoms with van der Waals surface area (Å²) in [5, 5.41) is 1.25. The Balaban J connectivity index is 1.36. The second-order valence-electron chi connectivity index (χ2n) is 7.45. The molecule has 2 aromatic rings. The molecule has 3 heterocycles. The van der Waals surface area contributed by atoms with Crippen molar-refractivity contribution in [3.63, 3.8) is 0 Å². The molecule has 4 heteroatoms. The lowest BCUT2D eigenvalue weighted by atomic mass is 9.95. The van der Waals surface area contributed by atoms with Gasteiger partial charge in [0.2, 0.25) is 5.91 Å². The maximum absolute atomic E-state index is 12.6. The minimum atomic E-state index is 0.342. The fraction of sp³-hybridized carbons (Fsp3) is 0.524. The number of hydrogen-bond acceptors (Lipinski definition) is 3. The quantitative estimate of drug-likeness (QED) is 0.857. The number of para-hydroxylation sites is 1. The van der Waals surface area contributed by atoms with Crippen molar-refractivity contribution >= 4 is 16.8 Å². The van der Waals surface area contributed by atoms with Crippen molar-refractivity contribution in [3.05, 3.63) is 42.1 Å². The zero-order chi connectivity index (χ0) is 17.1. The molecule has 1 amide bonds. The highest BCUT2D eigenvalue weighted by Gasteiger charge is 2.28. The number of rotatable bonds is 4. The molecule has 132 valence electrons. The van der Waals surface area contributed by atoms with Gasteiger partial charge in [-0.2, -0.15) is 0 Å². The van der Waals surface area contributed by atoms with Gasteiger partial charge in [-0.25, -0.2) is 0 Å². The van der Waals surface area contributed by atoms with E-state index in [1.165, 1.54) is 10.9 Å². The number of fused-ring (bicyclic) bond motifs is 1. The Kier molecular flexibility index (Phi) is 4.97. The van der Waals surface area contributed by atoms with Crippen LogP contribution in [-0.2, 0) is 16.0 Å². The van der Waals surface area contributed by atoms with Gasteiger partial charge < -0.3 is 9.64 Å². The van der Waals surface area contributed by atoms with Gasteiger partial charge >= 0.3 is 0 Å². The van der Waals surface area contributed by atoms with Gasteiger partial charge in [0.15, 0.2) is 0 Å². The van der Waals surface area contributed by atoms with Gasteiger partial charge in [-0.15, -0.1) is 0 Å². The van der Waals surface area contributed by atoms with E-state index in [1.807, 2.05) is 12.3 Å². The summed E-state index contributed by atoms with van der Waals surface area (Å²) in [5.41, 5.74) is 2.42. The molecule has 1 atom stereocenters. The molecule has 0 unspecified atom stereocenters. The second-order valence-corrected chi connectivity index (χ2v) is 7.45. The summed E-state index contributed by atoms with van der Waals surface area (Å²) >= 11 is 0. The number of aromatic nitrogens is 1. The van der Waals surface area contributed by atoms with Crippen molar-refractivity contribution in [2.45, 2.75) is 32.1 Å². The average molecular weight is 338 g/mol. The molecule has 25 heavy (non-hydrogen) atoms. The maximum atomic E-state index is 12.6. The van der Waals surface area contributed by atoms with Crippen molar-refractivity contribution in [2.75, 3.05) is 26.3 Å². The van der Waals surface area contributed by atoms with Crippen LogP contribution in [0.15, 0.2) is 36.5 Å². The largest absolute Gasteiger partial charge is 0.381 e. The topological polar surface area (TPSA) is 42.4 Å². The third-order valence-corrected chi connectivity index (χ3v) is 5.69. The van der Waals surface area contributed by atoms with E-state index in [2.05, 4.69) is 34.1 Å². The van der Waals surface area contributed by atoms with E-state index in [0.29, 0.717) is 24.2 Å². The van der Waals surface area contributed by atoms with Crippen molar-refractivity contribution in [1.29, 1.82) is 0 Å². The Morgan fingerprint density at radius 1 is 1.12 bits per heavy atom. The number of pyridine rings is 1.